The van der Waals surface area contributed by atoms with Crippen molar-refractivity contribution in [3.8, 4) is 0 Å². The Morgan fingerprint density at radius 3 is 2.86 bits per heavy atom. The second kappa shape index (κ2) is 7.85. The molecule has 1 amide bonds. The van der Waals surface area contributed by atoms with E-state index in [1.165, 1.54) is 23.6 Å². The molecule has 2 aromatic rings. The molecule has 3 heterocycles. The largest absolute Gasteiger partial charge is 0.351 e. The number of alkyl halides is 1. The molecule has 0 spiro atoms. The molecule has 3 rings (SSSR count). The number of nitrogens with zero attached hydrogens (tertiary/aromatic N) is 5. The molecule has 3 N–H and O–H groups in total. The molecule has 28 heavy (non-hydrogen) atoms. The number of aromatic nitrogens is 2. The number of imidazole rings is 1. The van der Waals surface area contributed by atoms with E-state index in [0.29, 0.717) is 11.5 Å². The summed E-state index contributed by atoms with van der Waals surface area (Å²) in [5, 5.41) is 2.58. The summed E-state index contributed by atoms with van der Waals surface area (Å²) in [6.45, 7) is 7.07. The number of pyridine rings is 1. The number of carbonyl (C=O) groups excluding carboxylic acids is 1. The molecule has 0 aliphatic carbocycles. The highest BCUT2D eigenvalue weighted by Gasteiger charge is 2.30. The van der Waals surface area contributed by atoms with Gasteiger partial charge in [0.05, 0.1) is 30.2 Å². The monoisotopic (exact) mass is 389 g/mol. The fourth-order valence-electron chi connectivity index (χ4n) is 2.88. The predicted molar refractivity (Wildman–Crippen MR) is 104 cm³/mol. The van der Waals surface area contributed by atoms with Gasteiger partial charge in [0, 0.05) is 25.0 Å². The van der Waals surface area contributed by atoms with Crippen molar-refractivity contribution in [2.24, 2.45) is 15.7 Å². The average Bonchev–Trinajstić information content (AvgIpc) is 3.17. The van der Waals surface area contributed by atoms with Crippen molar-refractivity contribution >= 4 is 29.7 Å². The van der Waals surface area contributed by atoms with E-state index >= 15 is 0 Å². The van der Waals surface area contributed by atoms with Crippen LogP contribution in [0.1, 0.15) is 12.6 Å². The minimum absolute atomic E-state index is 0.0936. The Hall–Kier alpha value is -3.14. The van der Waals surface area contributed by atoms with Crippen LogP contribution < -0.4 is 11.1 Å². The molecule has 8 nitrogen and oxygen atoms in total. The molecular weight excluding hydrogens is 368 g/mol. The topological polar surface area (TPSA) is 100 Å². The fourth-order valence-corrected chi connectivity index (χ4v) is 2.88. The van der Waals surface area contributed by atoms with Crippen LogP contribution in [0.2, 0.25) is 0 Å². The van der Waals surface area contributed by atoms with Gasteiger partial charge in [-0.25, -0.2) is 18.8 Å². The number of anilines is 1. The lowest BCUT2D eigenvalue weighted by atomic mass is 10.3. The Morgan fingerprint density at radius 2 is 2.21 bits per heavy atom. The molecule has 1 aliphatic rings. The van der Waals surface area contributed by atoms with E-state index in [-0.39, 0.29) is 30.1 Å². The van der Waals surface area contributed by atoms with Crippen LogP contribution in [0.4, 0.5) is 14.5 Å². The summed E-state index contributed by atoms with van der Waals surface area (Å²) in [5.41, 5.74) is 6.88. The van der Waals surface area contributed by atoms with Crippen LogP contribution in [0, 0.1) is 12.7 Å². The van der Waals surface area contributed by atoms with Crippen molar-refractivity contribution in [3.63, 3.8) is 0 Å². The minimum Gasteiger partial charge on any atom is -0.351 e. The van der Waals surface area contributed by atoms with Crippen molar-refractivity contribution in [1.82, 2.24) is 14.3 Å². The lowest BCUT2D eigenvalue weighted by molar-refractivity contribution is -0.110. The molecule has 2 aromatic heterocycles. The Labute approximate surface area is 160 Å². The lowest BCUT2D eigenvalue weighted by Gasteiger charge is -2.16. The van der Waals surface area contributed by atoms with Gasteiger partial charge in [-0.15, -0.1) is 0 Å². The Morgan fingerprint density at radius 1 is 1.46 bits per heavy atom. The van der Waals surface area contributed by atoms with Gasteiger partial charge in [-0.05, 0) is 20.6 Å². The smallest absolute Gasteiger partial charge is 0.269 e. The highest BCUT2D eigenvalue weighted by Crippen LogP contribution is 2.18. The lowest BCUT2D eigenvalue weighted by Crippen LogP contribution is -2.30. The van der Waals surface area contributed by atoms with Crippen molar-refractivity contribution in [3.05, 3.63) is 42.0 Å². The van der Waals surface area contributed by atoms with Gasteiger partial charge >= 0.3 is 0 Å². The third-order valence-corrected chi connectivity index (χ3v) is 4.36. The summed E-state index contributed by atoms with van der Waals surface area (Å²) in [5.74, 6) is -0.745. The molecule has 2 unspecified atom stereocenters. The molecule has 2 atom stereocenters. The van der Waals surface area contributed by atoms with Gasteiger partial charge in [-0.1, -0.05) is 0 Å². The maximum absolute atomic E-state index is 14.1. The zero-order valence-corrected chi connectivity index (χ0v) is 15.6. The number of carbonyl (C=O) groups is 1. The minimum atomic E-state index is -1.16. The highest BCUT2D eigenvalue weighted by molar-refractivity contribution is 6.42. The summed E-state index contributed by atoms with van der Waals surface area (Å²) in [6.07, 6.45) is 3.38. The second-order valence-electron chi connectivity index (χ2n) is 6.59. The molecule has 10 heteroatoms. The quantitative estimate of drug-likeness (QED) is 0.760. The normalized spacial score (nSPS) is 20.7. The van der Waals surface area contributed by atoms with Crippen LogP contribution >= 0.6 is 0 Å². The predicted octanol–water partition coefficient (Wildman–Crippen LogP) is 1.66. The summed E-state index contributed by atoms with van der Waals surface area (Å²) >= 11 is 0. The van der Waals surface area contributed by atoms with Gasteiger partial charge in [0.25, 0.3) is 5.91 Å². The summed E-state index contributed by atoms with van der Waals surface area (Å²) in [4.78, 5) is 25.9. The third kappa shape index (κ3) is 4.06. The molecule has 0 aromatic carbocycles. The van der Waals surface area contributed by atoms with Gasteiger partial charge in [-0.2, -0.15) is 0 Å². The van der Waals surface area contributed by atoms with Crippen molar-refractivity contribution in [1.29, 1.82) is 0 Å². The highest BCUT2D eigenvalue weighted by atomic mass is 19.1. The molecular formula is C18H21F2N7O. The van der Waals surface area contributed by atoms with E-state index < -0.39 is 23.9 Å². The molecule has 148 valence electrons. The number of hydrogen-bond donors (Lipinski definition) is 2. The van der Waals surface area contributed by atoms with Crippen LogP contribution in [-0.2, 0) is 4.79 Å². The van der Waals surface area contributed by atoms with E-state index in [4.69, 9.17) is 5.73 Å². The van der Waals surface area contributed by atoms with Gasteiger partial charge in [-0.3, -0.25) is 9.79 Å². The van der Waals surface area contributed by atoms with Gasteiger partial charge in [0.1, 0.15) is 17.7 Å². The number of rotatable bonds is 5. The van der Waals surface area contributed by atoms with Crippen LogP contribution in [0.5, 0.6) is 0 Å². The third-order valence-electron chi connectivity index (χ3n) is 4.36. The van der Waals surface area contributed by atoms with Crippen LogP contribution in [0.15, 0.2) is 40.5 Å². The molecule has 1 fully saturated rings. The summed E-state index contributed by atoms with van der Waals surface area (Å²) < 4.78 is 29.2. The number of hydrogen-bond acceptors (Lipinski definition) is 6. The van der Waals surface area contributed by atoms with Crippen LogP contribution in [0.3, 0.4) is 0 Å². The number of amides is 1. The number of aryl methyl sites for hydroxylation is 1. The number of aliphatic imine (C=N–C) groups is 2. The van der Waals surface area contributed by atoms with Gasteiger partial charge in [0.15, 0.2) is 11.5 Å². The Balaban J connectivity index is 1.74. The molecule has 0 radical (unpaired) electrons. The van der Waals surface area contributed by atoms with Crippen molar-refractivity contribution < 1.29 is 13.6 Å². The number of fused-ring (bicyclic) bond motifs is 1. The van der Waals surface area contributed by atoms with E-state index in [1.54, 1.807) is 24.2 Å². The van der Waals surface area contributed by atoms with E-state index in [0.717, 1.165) is 0 Å². The standard InChI is InChI=1S/C18H21F2N7O/c1-10-6-27-7-12(4-13(19)17(27)24-10)25-18(28)11(2)23-5-16(22-3)26-8-14(20)15(21)9-26/h4-7,14-15H,3,8-9,21H2,1-2H3,(H,25,28)/b16-5+,23-11?. The van der Waals surface area contributed by atoms with Gasteiger partial charge < -0.3 is 20.4 Å². The van der Waals surface area contributed by atoms with Crippen molar-refractivity contribution in [2.75, 3.05) is 18.4 Å². The zero-order chi connectivity index (χ0) is 20.4. The number of likely N-dealkylation sites (tertiary alicyclic amines) is 1. The summed E-state index contributed by atoms with van der Waals surface area (Å²) in [7, 11) is 0. The maximum Gasteiger partial charge on any atom is 0.269 e. The SMILES string of the molecule is C=N/C(=C\N=C(C)C(=O)Nc1cc(F)c2nc(C)cn2c1)N1CC(N)C(F)C1. The fraction of sp³-hybridized carbons (Fsp3) is 0.333. The first kappa shape index (κ1) is 19.6. The zero-order valence-electron chi connectivity index (χ0n) is 15.6. The molecule has 1 saturated heterocycles. The Kier molecular flexibility index (Phi) is 5.50. The Bertz CT molecular complexity index is 972. The number of nitrogens with one attached hydrogen (secondary N) is 1. The van der Waals surface area contributed by atoms with E-state index in [9.17, 15) is 13.6 Å². The second-order valence-corrected chi connectivity index (χ2v) is 6.59. The van der Waals surface area contributed by atoms with Gasteiger partial charge in [0.2, 0.25) is 0 Å². The molecule has 0 saturated carbocycles. The van der Waals surface area contributed by atoms with Crippen LogP contribution in [-0.4, -0.2) is 57.9 Å². The maximum atomic E-state index is 14.1. The first-order valence-electron chi connectivity index (χ1n) is 8.60. The van der Waals surface area contributed by atoms with E-state index in [2.05, 4.69) is 27.0 Å². The first-order chi connectivity index (χ1) is 13.3. The molecule has 0 bridgehead atoms. The van der Waals surface area contributed by atoms with Crippen molar-refractivity contribution in [2.45, 2.75) is 26.1 Å². The van der Waals surface area contributed by atoms with Crippen LogP contribution in [0.25, 0.3) is 5.65 Å². The van der Waals surface area contributed by atoms with E-state index in [1.807, 2.05) is 0 Å². The number of nitrogens with two attached hydrogens (primary N) is 1. The number of halogens is 2. The summed E-state index contributed by atoms with van der Waals surface area (Å²) in [6, 6.07) is 0.585. The average molecular weight is 389 g/mol. The molecule has 1 aliphatic heterocycles. The first-order valence-corrected chi connectivity index (χ1v) is 8.60.